The number of amides is 2. The van der Waals surface area contributed by atoms with Crippen molar-refractivity contribution in [3.63, 3.8) is 0 Å². The molecule has 0 aromatic heterocycles. The predicted molar refractivity (Wildman–Crippen MR) is 78.9 cm³/mol. The molecule has 0 aliphatic heterocycles. The van der Waals surface area contributed by atoms with Gasteiger partial charge in [0.05, 0.1) is 0 Å². The van der Waals surface area contributed by atoms with Gasteiger partial charge in [-0.1, -0.05) is 19.3 Å². The molecular weight excluding hydrogens is 268 g/mol. The average molecular weight is 294 g/mol. The second-order valence-electron chi connectivity index (χ2n) is 7.08. The number of carboxylic acid groups (broad SMARTS) is 1. The van der Waals surface area contributed by atoms with Crippen LogP contribution >= 0.6 is 0 Å². The van der Waals surface area contributed by atoms with E-state index in [-0.39, 0.29) is 18.6 Å². The summed E-state index contributed by atoms with van der Waals surface area (Å²) in [6, 6.07) is -0.0618. The summed E-state index contributed by atoms with van der Waals surface area (Å²) in [4.78, 5) is 24.9. The molecule has 0 spiro atoms. The molecule has 3 aliphatic carbocycles. The second kappa shape index (κ2) is 6.24. The van der Waals surface area contributed by atoms with Crippen LogP contribution in [-0.2, 0) is 4.79 Å². The van der Waals surface area contributed by atoms with Gasteiger partial charge in [-0.15, -0.1) is 0 Å². The summed E-state index contributed by atoms with van der Waals surface area (Å²) >= 11 is 0. The minimum Gasteiger partial charge on any atom is -0.480 e. The normalized spacial score (nSPS) is 31.5. The molecule has 3 saturated carbocycles. The van der Waals surface area contributed by atoms with Gasteiger partial charge in [0.1, 0.15) is 6.54 Å². The van der Waals surface area contributed by atoms with Crippen molar-refractivity contribution in [1.29, 1.82) is 0 Å². The monoisotopic (exact) mass is 294 g/mol. The topological polar surface area (TPSA) is 69.6 Å². The van der Waals surface area contributed by atoms with Crippen LogP contribution in [0.2, 0.25) is 0 Å². The number of urea groups is 1. The SMILES string of the molecule is O=C(O)CN(C(=O)NCC1CC2CCC1C2)C1CCCC1. The fraction of sp³-hybridized carbons (Fsp3) is 0.875. The Balaban J connectivity index is 1.52. The largest absolute Gasteiger partial charge is 0.480 e. The van der Waals surface area contributed by atoms with Crippen LogP contribution < -0.4 is 5.32 Å². The molecule has 3 aliphatic rings. The van der Waals surface area contributed by atoms with E-state index in [1.54, 1.807) is 4.90 Å². The highest BCUT2D eigenvalue weighted by molar-refractivity contribution is 5.80. The highest BCUT2D eigenvalue weighted by atomic mass is 16.4. The molecule has 118 valence electrons. The molecule has 21 heavy (non-hydrogen) atoms. The van der Waals surface area contributed by atoms with Crippen LogP contribution in [0, 0.1) is 17.8 Å². The van der Waals surface area contributed by atoms with Crippen LogP contribution in [0.25, 0.3) is 0 Å². The Morgan fingerprint density at radius 3 is 2.43 bits per heavy atom. The Hall–Kier alpha value is -1.26. The van der Waals surface area contributed by atoms with Crippen molar-refractivity contribution in [2.45, 2.75) is 57.4 Å². The molecule has 0 radical (unpaired) electrons. The minimum atomic E-state index is -0.919. The molecule has 0 heterocycles. The summed E-state index contributed by atoms with van der Waals surface area (Å²) < 4.78 is 0. The zero-order chi connectivity index (χ0) is 14.8. The molecule has 0 saturated heterocycles. The molecule has 0 aromatic rings. The number of hydrogen-bond acceptors (Lipinski definition) is 2. The van der Waals surface area contributed by atoms with Gasteiger partial charge in [0.2, 0.25) is 0 Å². The van der Waals surface area contributed by atoms with E-state index in [0.717, 1.165) is 44.1 Å². The van der Waals surface area contributed by atoms with Crippen LogP contribution in [0.3, 0.4) is 0 Å². The number of carbonyl (C=O) groups excluding carboxylic acids is 1. The Morgan fingerprint density at radius 1 is 1.10 bits per heavy atom. The minimum absolute atomic E-state index is 0.112. The van der Waals surface area contributed by atoms with Gasteiger partial charge >= 0.3 is 12.0 Å². The molecule has 2 N–H and O–H groups in total. The maximum atomic E-state index is 12.4. The molecule has 2 amide bonds. The Morgan fingerprint density at radius 2 is 1.86 bits per heavy atom. The first kappa shape index (κ1) is 14.7. The number of nitrogens with one attached hydrogen (secondary N) is 1. The van der Waals surface area contributed by atoms with Crippen molar-refractivity contribution in [2.24, 2.45) is 17.8 Å². The molecule has 3 fully saturated rings. The third kappa shape index (κ3) is 3.33. The first-order chi connectivity index (χ1) is 10.1. The third-order valence-electron chi connectivity index (χ3n) is 5.73. The molecule has 2 bridgehead atoms. The van der Waals surface area contributed by atoms with Crippen LogP contribution in [0.15, 0.2) is 0 Å². The molecule has 0 aromatic carbocycles. The molecule has 5 nitrogen and oxygen atoms in total. The lowest BCUT2D eigenvalue weighted by molar-refractivity contribution is -0.138. The highest BCUT2D eigenvalue weighted by Crippen LogP contribution is 2.47. The standard InChI is InChI=1S/C16H26N2O3/c19-15(20)10-18(14-3-1-2-4-14)16(21)17-9-13-8-11-5-6-12(13)7-11/h11-14H,1-10H2,(H,17,21)(H,19,20). The van der Waals surface area contributed by atoms with Crippen molar-refractivity contribution < 1.29 is 14.7 Å². The Bertz CT molecular complexity index is 406. The summed E-state index contributed by atoms with van der Waals surface area (Å²) in [7, 11) is 0. The summed E-state index contributed by atoms with van der Waals surface area (Å²) in [5.41, 5.74) is 0. The van der Waals surface area contributed by atoms with E-state index in [4.69, 9.17) is 5.11 Å². The second-order valence-corrected chi connectivity index (χ2v) is 7.08. The number of rotatable bonds is 5. The van der Waals surface area contributed by atoms with E-state index in [1.807, 2.05) is 0 Å². The van der Waals surface area contributed by atoms with Gasteiger partial charge < -0.3 is 15.3 Å². The number of hydrogen-bond donors (Lipinski definition) is 2. The number of fused-ring (bicyclic) bond motifs is 2. The summed E-state index contributed by atoms with van der Waals surface area (Å²) in [6.07, 6.45) is 9.33. The quantitative estimate of drug-likeness (QED) is 0.818. The fourth-order valence-electron chi connectivity index (χ4n) is 4.67. The van der Waals surface area contributed by atoms with Gasteiger partial charge in [-0.3, -0.25) is 4.79 Å². The van der Waals surface area contributed by atoms with E-state index < -0.39 is 5.97 Å². The van der Waals surface area contributed by atoms with Crippen molar-refractivity contribution in [3.05, 3.63) is 0 Å². The third-order valence-corrected chi connectivity index (χ3v) is 5.73. The van der Waals surface area contributed by atoms with Crippen molar-refractivity contribution in [3.8, 4) is 0 Å². The van der Waals surface area contributed by atoms with Crippen LogP contribution in [0.4, 0.5) is 4.79 Å². The number of carboxylic acids is 1. The zero-order valence-electron chi connectivity index (χ0n) is 12.6. The van der Waals surface area contributed by atoms with E-state index >= 15 is 0 Å². The van der Waals surface area contributed by atoms with Gasteiger partial charge in [-0.05, 0) is 49.9 Å². The van der Waals surface area contributed by atoms with Gasteiger partial charge in [-0.25, -0.2) is 4.79 Å². The maximum Gasteiger partial charge on any atom is 0.323 e. The maximum absolute atomic E-state index is 12.4. The smallest absolute Gasteiger partial charge is 0.323 e. The van der Waals surface area contributed by atoms with E-state index in [0.29, 0.717) is 5.92 Å². The molecule has 3 atom stereocenters. The molecule has 3 unspecified atom stereocenters. The zero-order valence-corrected chi connectivity index (χ0v) is 12.6. The molecule has 3 rings (SSSR count). The van der Waals surface area contributed by atoms with E-state index in [2.05, 4.69) is 5.32 Å². The van der Waals surface area contributed by atoms with Gasteiger partial charge in [-0.2, -0.15) is 0 Å². The number of nitrogens with zero attached hydrogens (tertiary/aromatic N) is 1. The van der Waals surface area contributed by atoms with Gasteiger partial charge in [0, 0.05) is 12.6 Å². The number of aliphatic carboxylic acids is 1. The van der Waals surface area contributed by atoms with Crippen molar-refractivity contribution in [1.82, 2.24) is 10.2 Å². The van der Waals surface area contributed by atoms with Crippen LogP contribution in [0.1, 0.15) is 51.4 Å². The van der Waals surface area contributed by atoms with Gasteiger partial charge in [0.15, 0.2) is 0 Å². The summed E-state index contributed by atoms with van der Waals surface area (Å²) in [5.74, 6) is 1.36. The number of carbonyl (C=O) groups is 2. The fourth-order valence-corrected chi connectivity index (χ4v) is 4.67. The molecule has 5 heteroatoms. The average Bonchev–Trinajstić information content (AvgIpc) is 3.17. The first-order valence-electron chi connectivity index (χ1n) is 8.39. The van der Waals surface area contributed by atoms with Crippen LogP contribution in [0.5, 0.6) is 0 Å². The van der Waals surface area contributed by atoms with E-state index in [9.17, 15) is 9.59 Å². The summed E-state index contributed by atoms with van der Waals surface area (Å²) in [5, 5.41) is 12.1. The van der Waals surface area contributed by atoms with Crippen molar-refractivity contribution >= 4 is 12.0 Å². The lowest BCUT2D eigenvalue weighted by Crippen LogP contribution is -2.48. The highest BCUT2D eigenvalue weighted by Gasteiger charge is 2.39. The van der Waals surface area contributed by atoms with Crippen molar-refractivity contribution in [2.75, 3.05) is 13.1 Å². The summed E-state index contributed by atoms with van der Waals surface area (Å²) in [6.45, 7) is 0.552. The van der Waals surface area contributed by atoms with Gasteiger partial charge in [0.25, 0.3) is 0 Å². The first-order valence-corrected chi connectivity index (χ1v) is 8.39. The lowest BCUT2D eigenvalue weighted by Gasteiger charge is -2.29. The lowest BCUT2D eigenvalue weighted by atomic mass is 9.89. The van der Waals surface area contributed by atoms with E-state index in [1.165, 1.54) is 25.7 Å². The predicted octanol–water partition coefficient (Wildman–Crippen LogP) is 2.46. The molecular formula is C16H26N2O3. The van der Waals surface area contributed by atoms with Crippen LogP contribution in [-0.4, -0.2) is 41.1 Å². The Kier molecular flexibility index (Phi) is 4.36. The Labute approximate surface area is 126 Å².